The van der Waals surface area contributed by atoms with Crippen LogP contribution >= 0.6 is 0 Å². The number of Topliss-reactive ketones (excluding diaryl/α,β-unsaturated/α-hetero) is 1. The van der Waals surface area contributed by atoms with Crippen molar-refractivity contribution < 1.29 is 24.2 Å². The minimum Gasteiger partial charge on any atom is -0.507 e. The molecule has 7 heteroatoms. The lowest BCUT2D eigenvalue weighted by Crippen LogP contribution is -2.31. The summed E-state index contributed by atoms with van der Waals surface area (Å²) in [5.74, 6) is -0.808. The van der Waals surface area contributed by atoms with Gasteiger partial charge in [-0.1, -0.05) is 25.1 Å². The summed E-state index contributed by atoms with van der Waals surface area (Å²) in [7, 11) is 1.60. The van der Waals surface area contributed by atoms with E-state index in [1.165, 1.54) is 0 Å². The first-order valence-electron chi connectivity index (χ1n) is 11.6. The molecule has 1 saturated heterocycles. The lowest BCUT2D eigenvalue weighted by Gasteiger charge is -2.25. The number of amides is 1. The molecule has 2 heterocycles. The summed E-state index contributed by atoms with van der Waals surface area (Å²) in [6, 6.07) is 14.0. The Kier molecular flexibility index (Phi) is 7.03. The Bertz CT molecular complexity index is 1230. The van der Waals surface area contributed by atoms with Crippen molar-refractivity contribution in [2.24, 2.45) is 0 Å². The van der Waals surface area contributed by atoms with E-state index in [1.54, 1.807) is 36.3 Å². The number of aliphatic hydroxyl groups is 1. The van der Waals surface area contributed by atoms with Crippen LogP contribution in [0.2, 0.25) is 0 Å². The van der Waals surface area contributed by atoms with Gasteiger partial charge in [-0.15, -0.1) is 0 Å². The van der Waals surface area contributed by atoms with Gasteiger partial charge in [0.15, 0.2) is 0 Å². The van der Waals surface area contributed by atoms with Gasteiger partial charge in [-0.05, 0) is 50.1 Å². The van der Waals surface area contributed by atoms with E-state index in [0.717, 1.165) is 28.6 Å². The van der Waals surface area contributed by atoms with Gasteiger partial charge in [0.2, 0.25) is 0 Å². The number of benzene rings is 2. The number of nitrogens with one attached hydrogen (secondary N) is 1. The van der Waals surface area contributed by atoms with Crippen molar-refractivity contribution in [2.75, 3.05) is 26.9 Å². The number of ketones is 1. The van der Waals surface area contributed by atoms with Gasteiger partial charge in [0, 0.05) is 48.0 Å². The summed E-state index contributed by atoms with van der Waals surface area (Å²) in [5, 5.41) is 12.2. The summed E-state index contributed by atoms with van der Waals surface area (Å²) in [4.78, 5) is 31.3. The van der Waals surface area contributed by atoms with E-state index in [2.05, 4.69) is 4.98 Å². The molecule has 1 aliphatic rings. The molecular weight excluding hydrogens is 432 g/mol. The number of methoxy groups -OCH3 is 1. The fraction of sp³-hybridized carbons (Fsp3) is 0.333. The number of nitrogens with zero attached hydrogens (tertiary/aromatic N) is 1. The van der Waals surface area contributed by atoms with Crippen molar-refractivity contribution in [1.82, 2.24) is 9.88 Å². The SMILES string of the molecule is CCCOc1ccc(/C(O)=C2\C(=O)C(=O)N(CCCOC)C2c2c(C)[nH]c3ccccc23)cc1. The summed E-state index contributed by atoms with van der Waals surface area (Å²) in [5.41, 5.74) is 3.13. The average Bonchev–Trinajstić information content (AvgIpc) is 3.30. The van der Waals surface area contributed by atoms with Gasteiger partial charge in [-0.3, -0.25) is 9.59 Å². The van der Waals surface area contributed by atoms with Crippen LogP contribution in [-0.2, 0) is 14.3 Å². The number of carbonyl (C=O) groups excluding carboxylic acids is 2. The van der Waals surface area contributed by atoms with Crippen LogP contribution in [0.15, 0.2) is 54.1 Å². The predicted octanol–water partition coefficient (Wildman–Crippen LogP) is 4.72. The molecule has 178 valence electrons. The molecule has 0 aliphatic carbocycles. The Balaban J connectivity index is 1.84. The van der Waals surface area contributed by atoms with Crippen molar-refractivity contribution >= 4 is 28.4 Å². The van der Waals surface area contributed by atoms with Crippen molar-refractivity contribution in [3.8, 4) is 5.75 Å². The Morgan fingerprint density at radius 3 is 2.53 bits per heavy atom. The standard InChI is InChI=1S/C27H30N2O5/c1-4-15-34-19-12-10-18(11-13-19)25(30)23-24(29(14-7-16-33-3)27(32)26(23)31)22-17(2)28-21-9-6-5-8-20(21)22/h5-6,8-13,24,28,30H,4,7,14-16H2,1-3H3/b25-23+. The highest BCUT2D eigenvalue weighted by molar-refractivity contribution is 6.46. The van der Waals surface area contributed by atoms with E-state index >= 15 is 0 Å². The third-order valence-corrected chi connectivity index (χ3v) is 6.10. The van der Waals surface area contributed by atoms with E-state index < -0.39 is 17.7 Å². The Morgan fingerprint density at radius 1 is 1.09 bits per heavy atom. The molecular formula is C27H30N2O5. The number of ether oxygens (including phenoxy) is 2. The number of aromatic nitrogens is 1. The molecule has 0 spiro atoms. The molecule has 34 heavy (non-hydrogen) atoms. The summed E-state index contributed by atoms with van der Waals surface area (Å²) in [6.45, 7) is 5.34. The number of aliphatic hydroxyl groups excluding tert-OH is 1. The van der Waals surface area contributed by atoms with E-state index in [0.29, 0.717) is 37.5 Å². The number of H-pyrrole nitrogens is 1. The molecule has 1 aliphatic heterocycles. The highest BCUT2D eigenvalue weighted by Gasteiger charge is 2.47. The number of aryl methyl sites for hydroxylation is 1. The van der Waals surface area contributed by atoms with Gasteiger partial charge in [-0.25, -0.2) is 0 Å². The van der Waals surface area contributed by atoms with Crippen LogP contribution in [-0.4, -0.2) is 53.5 Å². The van der Waals surface area contributed by atoms with Crippen LogP contribution in [0, 0.1) is 6.92 Å². The van der Waals surface area contributed by atoms with Crippen molar-refractivity contribution in [1.29, 1.82) is 0 Å². The van der Waals surface area contributed by atoms with Crippen molar-refractivity contribution in [2.45, 2.75) is 32.7 Å². The molecule has 1 unspecified atom stereocenters. The zero-order valence-electron chi connectivity index (χ0n) is 19.8. The molecule has 0 saturated carbocycles. The first-order valence-corrected chi connectivity index (χ1v) is 11.6. The van der Waals surface area contributed by atoms with Crippen molar-refractivity contribution in [3.05, 3.63) is 70.9 Å². The second-order valence-electron chi connectivity index (χ2n) is 8.42. The highest BCUT2D eigenvalue weighted by Crippen LogP contribution is 2.43. The largest absolute Gasteiger partial charge is 0.507 e. The third-order valence-electron chi connectivity index (χ3n) is 6.10. The molecule has 1 amide bonds. The number of hydrogen-bond donors (Lipinski definition) is 2. The smallest absolute Gasteiger partial charge is 0.295 e. The maximum Gasteiger partial charge on any atom is 0.295 e. The molecule has 7 nitrogen and oxygen atoms in total. The van der Waals surface area contributed by atoms with E-state index in [4.69, 9.17) is 9.47 Å². The number of likely N-dealkylation sites (tertiary alicyclic amines) is 1. The van der Waals surface area contributed by atoms with Gasteiger partial charge in [0.05, 0.1) is 18.2 Å². The van der Waals surface area contributed by atoms with Gasteiger partial charge >= 0.3 is 0 Å². The van der Waals surface area contributed by atoms with Crippen LogP contribution in [0.4, 0.5) is 0 Å². The molecule has 2 N–H and O–H groups in total. The van der Waals surface area contributed by atoms with Crippen LogP contribution in [0.25, 0.3) is 16.7 Å². The number of para-hydroxylation sites is 1. The Hall–Kier alpha value is -3.58. The number of fused-ring (bicyclic) bond motifs is 1. The van der Waals surface area contributed by atoms with E-state index in [1.807, 2.05) is 38.1 Å². The van der Waals surface area contributed by atoms with Crippen LogP contribution in [0.1, 0.15) is 42.6 Å². The molecule has 1 fully saturated rings. The molecule has 3 aromatic rings. The number of rotatable bonds is 9. The van der Waals surface area contributed by atoms with Crippen LogP contribution in [0.3, 0.4) is 0 Å². The second-order valence-corrected chi connectivity index (χ2v) is 8.42. The topological polar surface area (TPSA) is 91.9 Å². The Labute approximate surface area is 199 Å². The molecule has 1 atom stereocenters. The van der Waals surface area contributed by atoms with E-state index in [-0.39, 0.29) is 11.3 Å². The fourth-order valence-corrected chi connectivity index (χ4v) is 4.53. The van der Waals surface area contributed by atoms with Crippen LogP contribution in [0.5, 0.6) is 5.75 Å². The normalized spacial score (nSPS) is 17.6. The fourth-order valence-electron chi connectivity index (χ4n) is 4.53. The van der Waals surface area contributed by atoms with Crippen LogP contribution < -0.4 is 4.74 Å². The lowest BCUT2D eigenvalue weighted by molar-refractivity contribution is -0.140. The average molecular weight is 463 g/mol. The van der Waals surface area contributed by atoms with Gasteiger partial charge in [0.1, 0.15) is 11.5 Å². The van der Waals surface area contributed by atoms with Gasteiger partial charge in [0.25, 0.3) is 11.7 Å². The minimum atomic E-state index is -0.705. The monoisotopic (exact) mass is 462 g/mol. The Morgan fingerprint density at radius 2 is 1.82 bits per heavy atom. The molecule has 2 aromatic carbocycles. The van der Waals surface area contributed by atoms with Gasteiger partial charge < -0.3 is 24.5 Å². The number of hydrogen-bond acceptors (Lipinski definition) is 5. The highest BCUT2D eigenvalue weighted by atomic mass is 16.5. The zero-order chi connectivity index (χ0) is 24.2. The lowest BCUT2D eigenvalue weighted by atomic mass is 9.93. The summed E-state index contributed by atoms with van der Waals surface area (Å²) in [6.07, 6.45) is 1.46. The van der Waals surface area contributed by atoms with Gasteiger partial charge in [-0.2, -0.15) is 0 Å². The molecule has 0 bridgehead atoms. The molecule has 4 rings (SSSR count). The van der Waals surface area contributed by atoms with E-state index in [9.17, 15) is 14.7 Å². The molecule has 1 aromatic heterocycles. The first kappa shape index (κ1) is 23.6. The van der Waals surface area contributed by atoms with Crippen molar-refractivity contribution in [3.63, 3.8) is 0 Å². The maximum absolute atomic E-state index is 13.2. The summed E-state index contributed by atoms with van der Waals surface area (Å²) >= 11 is 0. The zero-order valence-corrected chi connectivity index (χ0v) is 19.8. The summed E-state index contributed by atoms with van der Waals surface area (Å²) < 4.78 is 10.8. The maximum atomic E-state index is 13.2. The number of aromatic amines is 1. The predicted molar refractivity (Wildman–Crippen MR) is 131 cm³/mol. The second kappa shape index (κ2) is 10.1. The number of carbonyl (C=O) groups is 2. The molecule has 0 radical (unpaired) electrons. The third kappa shape index (κ3) is 4.31. The minimum absolute atomic E-state index is 0.0949. The quantitative estimate of drug-likeness (QED) is 0.208. The first-order chi connectivity index (χ1) is 16.5.